The van der Waals surface area contributed by atoms with Crippen molar-refractivity contribution in [2.45, 2.75) is 32.2 Å². The maximum atomic E-state index is 5.19. The van der Waals surface area contributed by atoms with Crippen LogP contribution in [-0.4, -0.2) is 27.4 Å². The zero-order valence-electron chi connectivity index (χ0n) is 11.7. The minimum atomic E-state index is 0.408. The highest BCUT2D eigenvalue weighted by Gasteiger charge is 2.10. The Labute approximate surface area is 110 Å². The third kappa shape index (κ3) is 5.07. The zero-order chi connectivity index (χ0) is 13.2. The van der Waals surface area contributed by atoms with E-state index in [0.717, 1.165) is 38.2 Å². The first-order valence-electron chi connectivity index (χ1n) is 6.68. The SMILES string of the molecule is CCCNC(CCCOC)c1ccc(OC)cc1. The lowest BCUT2D eigenvalue weighted by Crippen LogP contribution is -2.22. The quantitative estimate of drug-likeness (QED) is 0.684. The van der Waals surface area contributed by atoms with Crippen LogP contribution in [0.3, 0.4) is 0 Å². The lowest BCUT2D eigenvalue weighted by Gasteiger charge is -2.19. The van der Waals surface area contributed by atoms with Crippen molar-refractivity contribution in [1.29, 1.82) is 0 Å². The number of nitrogens with one attached hydrogen (secondary N) is 1. The summed E-state index contributed by atoms with van der Waals surface area (Å²) in [5.74, 6) is 0.907. The number of methoxy groups -OCH3 is 2. The summed E-state index contributed by atoms with van der Waals surface area (Å²) in [6.45, 7) is 4.05. The smallest absolute Gasteiger partial charge is 0.118 e. The largest absolute Gasteiger partial charge is 0.497 e. The fraction of sp³-hybridized carbons (Fsp3) is 0.600. The van der Waals surface area contributed by atoms with Crippen LogP contribution in [0, 0.1) is 0 Å². The van der Waals surface area contributed by atoms with Crippen molar-refractivity contribution >= 4 is 0 Å². The molecule has 0 amide bonds. The monoisotopic (exact) mass is 251 g/mol. The summed E-state index contributed by atoms with van der Waals surface area (Å²) >= 11 is 0. The first-order valence-corrected chi connectivity index (χ1v) is 6.68. The Hall–Kier alpha value is -1.06. The van der Waals surface area contributed by atoms with Crippen LogP contribution in [0.5, 0.6) is 5.75 Å². The zero-order valence-corrected chi connectivity index (χ0v) is 11.7. The fourth-order valence-corrected chi connectivity index (χ4v) is 1.97. The number of hydrogen-bond acceptors (Lipinski definition) is 3. The number of rotatable bonds is 9. The Bertz CT molecular complexity index is 311. The molecule has 0 saturated carbocycles. The normalized spacial score (nSPS) is 12.4. The first kappa shape index (κ1) is 15.0. The van der Waals surface area contributed by atoms with Crippen molar-refractivity contribution in [3.8, 4) is 5.75 Å². The number of ether oxygens (including phenoxy) is 2. The number of hydrogen-bond donors (Lipinski definition) is 1. The highest BCUT2D eigenvalue weighted by atomic mass is 16.5. The van der Waals surface area contributed by atoms with E-state index in [1.54, 1.807) is 14.2 Å². The second kappa shape index (κ2) is 8.95. The molecule has 102 valence electrons. The lowest BCUT2D eigenvalue weighted by atomic mass is 10.0. The van der Waals surface area contributed by atoms with E-state index in [4.69, 9.17) is 9.47 Å². The average molecular weight is 251 g/mol. The maximum Gasteiger partial charge on any atom is 0.118 e. The Morgan fingerprint density at radius 1 is 1.17 bits per heavy atom. The van der Waals surface area contributed by atoms with Gasteiger partial charge >= 0.3 is 0 Å². The van der Waals surface area contributed by atoms with Gasteiger partial charge in [-0.1, -0.05) is 19.1 Å². The van der Waals surface area contributed by atoms with Gasteiger partial charge in [0.25, 0.3) is 0 Å². The van der Waals surface area contributed by atoms with Crippen molar-refractivity contribution in [3.05, 3.63) is 29.8 Å². The van der Waals surface area contributed by atoms with Gasteiger partial charge in [-0.25, -0.2) is 0 Å². The molecule has 1 N–H and O–H groups in total. The molecular formula is C15H25NO2. The number of benzene rings is 1. The molecule has 0 heterocycles. The van der Waals surface area contributed by atoms with Crippen LogP contribution >= 0.6 is 0 Å². The molecule has 0 aliphatic heterocycles. The molecule has 3 heteroatoms. The van der Waals surface area contributed by atoms with Crippen LogP contribution in [-0.2, 0) is 4.74 Å². The third-order valence-electron chi connectivity index (χ3n) is 3.00. The Balaban J connectivity index is 2.60. The van der Waals surface area contributed by atoms with E-state index in [1.807, 2.05) is 12.1 Å². The van der Waals surface area contributed by atoms with E-state index >= 15 is 0 Å². The van der Waals surface area contributed by atoms with Gasteiger partial charge in [0.1, 0.15) is 5.75 Å². The van der Waals surface area contributed by atoms with Crippen molar-refractivity contribution in [2.24, 2.45) is 0 Å². The third-order valence-corrected chi connectivity index (χ3v) is 3.00. The summed E-state index contributed by atoms with van der Waals surface area (Å²) in [4.78, 5) is 0. The lowest BCUT2D eigenvalue weighted by molar-refractivity contribution is 0.188. The molecule has 0 fully saturated rings. The molecule has 1 rings (SSSR count). The van der Waals surface area contributed by atoms with Gasteiger partial charge in [-0.15, -0.1) is 0 Å². The Morgan fingerprint density at radius 2 is 1.89 bits per heavy atom. The highest BCUT2D eigenvalue weighted by molar-refractivity contribution is 5.29. The van der Waals surface area contributed by atoms with E-state index in [1.165, 1.54) is 5.56 Å². The van der Waals surface area contributed by atoms with Gasteiger partial charge in [-0.3, -0.25) is 0 Å². The van der Waals surface area contributed by atoms with Crippen molar-refractivity contribution in [2.75, 3.05) is 27.4 Å². The summed E-state index contributed by atoms with van der Waals surface area (Å²) < 4.78 is 10.3. The molecule has 0 saturated heterocycles. The first-order chi connectivity index (χ1) is 8.81. The van der Waals surface area contributed by atoms with Gasteiger partial charge in [0, 0.05) is 19.8 Å². The molecule has 1 atom stereocenters. The summed E-state index contributed by atoms with van der Waals surface area (Å²) in [6.07, 6.45) is 3.32. The van der Waals surface area contributed by atoms with Gasteiger partial charge in [0.15, 0.2) is 0 Å². The maximum absolute atomic E-state index is 5.19. The van der Waals surface area contributed by atoms with Gasteiger partial charge in [0.05, 0.1) is 7.11 Å². The van der Waals surface area contributed by atoms with Crippen LogP contribution in [0.15, 0.2) is 24.3 Å². The molecule has 0 aliphatic rings. The van der Waals surface area contributed by atoms with Crippen molar-refractivity contribution in [3.63, 3.8) is 0 Å². The van der Waals surface area contributed by atoms with Crippen LogP contribution in [0.1, 0.15) is 37.8 Å². The molecule has 0 aromatic heterocycles. The van der Waals surface area contributed by atoms with Crippen molar-refractivity contribution < 1.29 is 9.47 Å². The molecule has 3 nitrogen and oxygen atoms in total. The van der Waals surface area contributed by atoms with Crippen LogP contribution in [0.25, 0.3) is 0 Å². The van der Waals surface area contributed by atoms with E-state index in [2.05, 4.69) is 24.4 Å². The molecule has 1 aromatic rings. The van der Waals surface area contributed by atoms with Gasteiger partial charge < -0.3 is 14.8 Å². The van der Waals surface area contributed by atoms with Gasteiger partial charge in [-0.05, 0) is 43.5 Å². The summed E-state index contributed by atoms with van der Waals surface area (Å²) in [5.41, 5.74) is 1.32. The van der Waals surface area contributed by atoms with Crippen LogP contribution < -0.4 is 10.1 Å². The average Bonchev–Trinajstić information content (AvgIpc) is 2.43. The summed E-state index contributed by atoms with van der Waals surface area (Å²) in [6, 6.07) is 8.72. The fourth-order valence-electron chi connectivity index (χ4n) is 1.97. The standard InChI is InChI=1S/C15H25NO2/c1-4-11-16-15(6-5-12-17-2)13-7-9-14(18-3)10-8-13/h7-10,15-16H,4-6,11-12H2,1-3H3. The Morgan fingerprint density at radius 3 is 2.44 bits per heavy atom. The molecule has 0 radical (unpaired) electrons. The molecule has 1 unspecified atom stereocenters. The van der Waals surface area contributed by atoms with Crippen molar-refractivity contribution in [1.82, 2.24) is 5.32 Å². The molecule has 18 heavy (non-hydrogen) atoms. The van der Waals surface area contributed by atoms with E-state index < -0.39 is 0 Å². The van der Waals surface area contributed by atoms with Crippen LogP contribution in [0.2, 0.25) is 0 Å². The second-order valence-electron chi connectivity index (χ2n) is 4.41. The molecule has 0 spiro atoms. The van der Waals surface area contributed by atoms with E-state index in [0.29, 0.717) is 6.04 Å². The van der Waals surface area contributed by atoms with Crippen LogP contribution in [0.4, 0.5) is 0 Å². The van der Waals surface area contributed by atoms with E-state index in [9.17, 15) is 0 Å². The molecular weight excluding hydrogens is 226 g/mol. The minimum absolute atomic E-state index is 0.408. The van der Waals surface area contributed by atoms with Gasteiger partial charge in [0.2, 0.25) is 0 Å². The minimum Gasteiger partial charge on any atom is -0.497 e. The van der Waals surface area contributed by atoms with Gasteiger partial charge in [-0.2, -0.15) is 0 Å². The molecule has 0 bridgehead atoms. The Kier molecular flexibility index (Phi) is 7.46. The topological polar surface area (TPSA) is 30.5 Å². The predicted molar refractivity (Wildman–Crippen MR) is 75.1 cm³/mol. The molecule has 1 aromatic carbocycles. The molecule has 0 aliphatic carbocycles. The summed E-state index contributed by atoms with van der Waals surface area (Å²) in [7, 11) is 3.45. The highest BCUT2D eigenvalue weighted by Crippen LogP contribution is 2.21. The predicted octanol–water partition coefficient (Wildman–Crippen LogP) is 3.16. The van der Waals surface area contributed by atoms with E-state index in [-0.39, 0.29) is 0 Å². The summed E-state index contributed by atoms with van der Waals surface area (Å²) in [5, 5.41) is 3.59. The second-order valence-corrected chi connectivity index (χ2v) is 4.41.